The van der Waals surface area contributed by atoms with Crippen LogP contribution in [0, 0.1) is 5.92 Å². The predicted molar refractivity (Wildman–Crippen MR) is 94.0 cm³/mol. The Morgan fingerprint density at radius 3 is 1.74 bits per heavy atom. The second-order valence-corrected chi connectivity index (χ2v) is 9.01. The van der Waals surface area contributed by atoms with E-state index >= 15 is 0 Å². The summed E-state index contributed by atoms with van der Waals surface area (Å²) in [6, 6.07) is 18.1. The van der Waals surface area contributed by atoms with E-state index in [2.05, 4.69) is 76.2 Å². The zero-order valence-electron chi connectivity index (χ0n) is 14.3. The number of hydrogen-bond acceptors (Lipinski definition) is 0. The van der Waals surface area contributed by atoms with Gasteiger partial charge in [-0.15, -0.1) is 0 Å². The molecule has 23 heavy (non-hydrogen) atoms. The first kappa shape index (κ1) is 15.2. The van der Waals surface area contributed by atoms with Gasteiger partial charge in [0.2, 0.25) is 0 Å². The third kappa shape index (κ3) is 2.23. The van der Waals surface area contributed by atoms with Crippen molar-refractivity contribution in [2.45, 2.75) is 31.9 Å². The third-order valence-corrected chi connectivity index (χ3v) is 8.94. The van der Waals surface area contributed by atoms with Gasteiger partial charge in [0.15, 0.2) is 0 Å². The second kappa shape index (κ2) is 5.62. The molecule has 1 heteroatoms. The quantitative estimate of drug-likeness (QED) is 0.582. The van der Waals surface area contributed by atoms with Crippen LogP contribution in [-0.2, 0) is 19.2 Å². The fraction of sp³-hybridized carbons (Fsp3) is 0.273. The van der Waals surface area contributed by atoms with Crippen LogP contribution in [-0.4, -0.2) is 0 Å². The molecule has 114 valence electrons. The fourth-order valence-electron chi connectivity index (χ4n) is 4.06. The summed E-state index contributed by atoms with van der Waals surface area (Å²) in [5, 5.41) is 0. The van der Waals surface area contributed by atoms with E-state index in [1.165, 1.54) is 16.7 Å². The van der Waals surface area contributed by atoms with Crippen molar-refractivity contribution in [3.05, 3.63) is 80.3 Å². The van der Waals surface area contributed by atoms with E-state index in [-0.39, 0.29) is 19.2 Å². The van der Waals surface area contributed by atoms with Crippen LogP contribution in [0.25, 0.3) is 11.1 Å². The molecular formula is C22H22Ti. The molecule has 2 aliphatic rings. The van der Waals surface area contributed by atoms with E-state index in [0.717, 1.165) is 0 Å². The Balaban J connectivity index is 1.79. The van der Waals surface area contributed by atoms with Crippen LogP contribution < -0.4 is 0 Å². The van der Waals surface area contributed by atoms with Crippen LogP contribution in [0.1, 0.15) is 43.0 Å². The Morgan fingerprint density at radius 2 is 1.26 bits per heavy atom. The number of hydrogen-bond donors (Lipinski definition) is 0. The topological polar surface area (TPSA) is 0 Å². The molecule has 0 saturated heterocycles. The standard InChI is InChI=1S/C13H9.C9H13.Ti/c1-3-7-12-10(5-1)9-11-6-2-4-8-13(11)12;1-6-5-7(2)9(4)8(6)3;/h1-9H;6H,1-4H3;. The van der Waals surface area contributed by atoms with Crippen LogP contribution in [0.4, 0.5) is 0 Å². The summed E-state index contributed by atoms with van der Waals surface area (Å²) in [4.78, 5) is 0. The van der Waals surface area contributed by atoms with Crippen molar-refractivity contribution in [1.29, 1.82) is 0 Å². The number of rotatable bonds is 2. The molecule has 0 spiro atoms. The molecule has 0 nitrogen and oxygen atoms in total. The van der Waals surface area contributed by atoms with Gasteiger partial charge in [0.1, 0.15) is 0 Å². The molecule has 1 unspecified atom stereocenters. The van der Waals surface area contributed by atoms with E-state index in [1.54, 1.807) is 26.2 Å². The van der Waals surface area contributed by atoms with Crippen molar-refractivity contribution >= 4 is 0 Å². The summed E-state index contributed by atoms with van der Waals surface area (Å²) < 4.78 is 2.39. The molecule has 2 aliphatic carbocycles. The third-order valence-electron chi connectivity index (χ3n) is 5.77. The summed E-state index contributed by atoms with van der Waals surface area (Å²) in [6.07, 6.45) is 0. The van der Waals surface area contributed by atoms with Crippen molar-refractivity contribution in [3.8, 4) is 11.1 Å². The zero-order valence-corrected chi connectivity index (χ0v) is 15.8. The molecule has 0 aromatic heterocycles. The van der Waals surface area contributed by atoms with Gasteiger partial charge in [-0.3, -0.25) is 0 Å². The molecule has 0 saturated carbocycles. The minimum atomic E-state index is -0.221. The Kier molecular flexibility index (Phi) is 3.71. The van der Waals surface area contributed by atoms with Gasteiger partial charge in [0.25, 0.3) is 0 Å². The number of fused-ring (bicyclic) bond motifs is 3. The van der Waals surface area contributed by atoms with Crippen molar-refractivity contribution < 1.29 is 19.2 Å². The van der Waals surface area contributed by atoms with Crippen molar-refractivity contribution in [2.75, 3.05) is 0 Å². The molecule has 0 fully saturated rings. The van der Waals surface area contributed by atoms with Crippen molar-refractivity contribution in [3.63, 3.8) is 0 Å². The minimum absolute atomic E-state index is 0.221. The summed E-state index contributed by atoms with van der Waals surface area (Å²) >= 11 is -0.221. The van der Waals surface area contributed by atoms with Crippen LogP contribution in [0.3, 0.4) is 0 Å². The average molecular weight is 334 g/mol. The van der Waals surface area contributed by atoms with Gasteiger partial charge in [-0.25, -0.2) is 0 Å². The molecule has 0 radical (unpaired) electrons. The normalized spacial score (nSPS) is 20.1. The summed E-state index contributed by atoms with van der Waals surface area (Å²) in [5.74, 6) is 0.648. The summed E-state index contributed by atoms with van der Waals surface area (Å²) in [5.41, 5.74) is 10.7. The maximum absolute atomic E-state index is 2.40. The molecule has 0 aliphatic heterocycles. The van der Waals surface area contributed by atoms with E-state index < -0.39 is 0 Å². The first-order valence-corrected chi connectivity index (χ1v) is 10.1. The first-order chi connectivity index (χ1) is 11.1. The van der Waals surface area contributed by atoms with Gasteiger partial charge in [-0.2, -0.15) is 0 Å². The molecule has 0 amide bonds. The van der Waals surface area contributed by atoms with E-state index in [1.807, 2.05) is 0 Å². The number of benzene rings is 2. The Morgan fingerprint density at radius 1 is 0.739 bits per heavy atom. The first-order valence-electron chi connectivity index (χ1n) is 8.43. The Hall–Kier alpha value is -1.37. The average Bonchev–Trinajstić information content (AvgIpc) is 2.99. The predicted octanol–water partition coefficient (Wildman–Crippen LogP) is 6.10. The molecule has 0 N–H and O–H groups in total. The zero-order chi connectivity index (χ0) is 16.1. The fourth-order valence-corrected chi connectivity index (χ4v) is 7.18. The van der Waals surface area contributed by atoms with Crippen molar-refractivity contribution in [1.82, 2.24) is 0 Å². The monoisotopic (exact) mass is 334 g/mol. The summed E-state index contributed by atoms with van der Waals surface area (Å²) in [6.45, 7) is 9.37. The van der Waals surface area contributed by atoms with Gasteiger partial charge in [0.05, 0.1) is 0 Å². The van der Waals surface area contributed by atoms with Crippen LogP contribution in [0.2, 0.25) is 0 Å². The molecule has 4 rings (SSSR count). The Labute approximate surface area is 148 Å². The van der Waals surface area contributed by atoms with Gasteiger partial charge in [0, 0.05) is 0 Å². The molecule has 2 aromatic carbocycles. The maximum atomic E-state index is 2.40. The van der Waals surface area contributed by atoms with Gasteiger partial charge >= 0.3 is 148 Å². The van der Waals surface area contributed by atoms with Crippen LogP contribution >= 0.6 is 0 Å². The molecule has 0 heterocycles. The van der Waals surface area contributed by atoms with E-state index in [0.29, 0.717) is 10.1 Å². The van der Waals surface area contributed by atoms with Crippen LogP contribution in [0.15, 0.2) is 69.1 Å². The van der Waals surface area contributed by atoms with Crippen LogP contribution in [0.5, 0.6) is 0 Å². The SMILES string of the molecule is CC1=C(C)C(C)[C]([Ti][CH]2c3ccccc3-c3ccccc32)=C1C. The second-order valence-electron chi connectivity index (χ2n) is 6.82. The van der Waals surface area contributed by atoms with Gasteiger partial charge < -0.3 is 0 Å². The molecule has 1 atom stereocenters. The number of allylic oxidation sites excluding steroid dienone is 4. The molecular weight excluding hydrogens is 312 g/mol. The van der Waals surface area contributed by atoms with E-state index in [9.17, 15) is 0 Å². The van der Waals surface area contributed by atoms with Gasteiger partial charge in [-0.1, -0.05) is 0 Å². The Bertz CT molecular complexity index is 808. The van der Waals surface area contributed by atoms with Crippen molar-refractivity contribution in [2.24, 2.45) is 5.92 Å². The van der Waals surface area contributed by atoms with Gasteiger partial charge in [-0.05, 0) is 0 Å². The summed E-state index contributed by atoms with van der Waals surface area (Å²) in [7, 11) is 0. The molecule has 2 aromatic rings. The molecule has 0 bridgehead atoms. The van der Waals surface area contributed by atoms with E-state index in [4.69, 9.17) is 0 Å².